The van der Waals surface area contributed by atoms with Crippen LogP contribution in [0, 0.1) is 5.92 Å². The van der Waals surface area contributed by atoms with Crippen molar-refractivity contribution in [3.8, 4) is 0 Å². The van der Waals surface area contributed by atoms with E-state index in [4.69, 9.17) is 9.47 Å². The van der Waals surface area contributed by atoms with Crippen LogP contribution in [-0.4, -0.2) is 25.8 Å². The molecule has 0 atom stereocenters. The van der Waals surface area contributed by atoms with E-state index in [1.165, 1.54) is 38.2 Å². The number of hydrogen-bond donors (Lipinski definition) is 0. The second kappa shape index (κ2) is 11.0. The molecule has 0 unspecified atom stereocenters. The third-order valence-corrected chi connectivity index (χ3v) is 3.67. The Labute approximate surface area is 117 Å². The summed E-state index contributed by atoms with van der Waals surface area (Å²) in [5.74, 6) is 0.489. The second-order valence-corrected chi connectivity index (χ2v) is 5.36. The molecule has 0 aromatic rings. The highest BCUT2D eigenvalue weighted by molar-refractivity contribution is 5.81. The van der Waals surface area contributed by atoms with Gasteiger partial charge in [-0.05, 0) is 38.0 Å². The highest BCUT2D eigenvalue weighted by Gasteiger charge is 2.12. The standard InChI is InChI=1S/C16H28O3/c1-2-16(17)19-13-9-4-3-8-12-18-14-15-10-6-5-7-11-15/h2,15H,1,3-14H2. The zero-order chi connectivity index (χ0) is 13.8. The minimum absolute atomic E-state index is 0.323. The number of esters is 1. The quantitative estimate of drug-likeness (QED) is 0.343. The fourth-order valence-electron chi connectivity index (χ4n) is 2.50. The van der Waals surface area contributed by atoms with E-state index in [1.54, 1.807) is 0 Å². The van der Waals surface area contributed by atoms with Gasteiger partial charge in [-0.2, -0.15) is 0 Å². The Morgan fingerprint density at radius 2 is 1.74 bits per heavy atom. The molecule has 3 heteroatoms. The van der Waals surface area contributed by atoms with Gasteiger partial charge >= 0.3 is 5.97 Å². The molecule has 1 aliphatic rings. The third kappa shape index (κ3) is 8.82. The van der Waals surface area contributed by atoms with Crippen LogP contribution in [-0.2, 0) is 14.3 Å². The first kappa shape index (κ1) is 16.2. The smallest absolute Gasteiger partial charge is 0.330 e. The van der Waals surface area contributed by atoms with E-state index in [0.717, 1.165) is 44.8 Å². The number of hydrogen-bond acceptors (Lipinski definition) is 3. The lowest BCUT2D eigenvalue weighted by molar-refractivity contribution is -0.137. The van der Waals surface area contributed by atoms with E-state index in [1.807, 2.05) is 0 Å². The van der Waals surface area contributed by atoms with E-state index >= 15 is 0 Å². The van der Waals surface area contributed by atoms with Crippen LogP contribution in [0.3, 0.4) is 0 Å². The molecule has 19 heavy (non-hydrogen) atoms. The van der Waals surface area contributed by atoms with Crippen LogP contribution in [0.2, 0.25) is 0 Å². The lowest BCUT2D eigenvalue weighted by Gasteiger charge is -2.21. The van der Waals surface area contributed by atoms with Crippen molar-refractivity contribution in [1.82, 2.24) is 0 Å². The first-order chi connectivity index (χ1) is 9.33. The number of carbonyl (C=O) groups excluding carboxylic acids is 1. The van der Waals surface area contributed by atoms with Crippen LogP contribution >= 0.6 is 0 Å². The largest absolute Gasteiger partial charge is 0.463 e. The van der Waals surface area contributed by atoms with E-state index in [-0.39, 0.29) is 5.97 Å². The summed E-state index contributed by atoms with van der Waals surface area (Å²) in [6.07, 6.45) is 12.4. The highest BCUT2D eigenvalue weighted by Crippen LogP contribution is 2.23. The second-order valence-electron chi connectivity index (χ2n) is 5.36. The van der Waals surface area contributed by atoms with E-state index in [2.05, 4.69) is 6.58 Å². The van der Waals surface area contributed by atoms with Gasteiger partial charge in [-0.3, -0.25) is 0 Å². The average Bonchev–Trinajstić information content (AvgIpc) is 2.46. The van der Waals surface area contributed by atoms with Crippen LogP contribution in [0.15, 0.2) is 12.7 Å². The van der Waals surface area contributed by atoms with Gasteiger partial charge in [0.15, 0.2) is 0 Å². The maximum atomic E-state index is 10.8. The normalized spacial score (nSPS) is 16.2. The Morgan fingerprint density at radius 1 is 1.05 bits per heavy atom. The van der Waals surface area contributed by atoms with Gasteiger partial charge < -0.3 is 9.47 Å². The average molecular weight is 268 g/mol. The van der Waals surface area contributed by atoms with Crippen LogP contribution in [0.1, 0.15) is 57.8 Å². The maximum Gasteiger partial charge on any atom is 0.330 e. The lowest BCUT2D eigenvalue weighted by Crippen LogP contribution is -2.13. The maximum absolute atomic E-state index is 10.8. The molecule has 1 aliphatic carbocycles. The van der Waals surface area contributed by atoms with Crippen molar-refractivity contribution in [2.75, 3.05) is 19.8 Å². The van der Waals surface area contributed by atoms with Gasteiger partial charge in [-0.15, -0.1) is 0 Å². The molecule has 0 aliphatic heterocycles. The summed E-state index contributed by atoms with van der Waals surface area (Å²) in [5.41, 5.74) is 0. The van der Waals surface area contributed by atoms with E-state index in [0.29, 0.717) is 6.61 Å². The topological polar surface area (TPSA) is 35.5 Å². The van der Waals surface area contributed by atoms with Crippen LogP contribution in [0.5, 0.6) is 0 Å². The van der Waals surface area contributed by atoms with Crippen molar-refractivity contribution >= 4 is 5.97 Å². The van der Waals surface area contributed by atoms with Gasteiger partial charge in [0, 0.05) is 19.3 Å². The van der Waals surface area contributed by atoms with Gasteiger partial charge in [0.05, 0.1) is 6.61 Å². The lowest BCUT2D eigenvalue weighted by atomic mass is 9.90. The summed E-state index contributed by atoms with van der Waals surface area (Å²) >= 11 is 0. The third-order valence-electron chi connectivity index (χ3n) is 3.67. The van der Waals surface area contributed by atoms with Crippen molar-refractivity contribution in [3.05, 3.63) is 12.7 Å². The predicted molar refractivity (Wildman–Crippen MR) is 77.0 cm³/mol. The van der Waals surface area contributed by atoms with Crippen molar-refractivity contribution < 1.29 is 14.3 Å². The molecular formula is C16H28O3. The predicted octanol–water partition coefficient (Wildman–Crippen LogP) is 3.87. The molecular weight excluding hydrogens is 240 g/mol. The summed E-state index contributed by atoms with van der Waals surface area (Å²) < 4.78 is 10.6. The molecule has 0 aromatic carbocycles. The van der Waals surface area contributed by atoms with Gasteiger partial charge in [0.1, 0.15) is 0 Å². The Kier molecular flexibility index (Phi) is 9.42. The number of ether oxygens (including phenoxy) is 2. The highest BCUT2D eigenvalue weighted by atomic mass is 16.5. The zero-order valence-corrected chi connectivity index (χ0v) is 12.1. The molecule has 1 rings (SSSR count). The Morgan fingerprint density at radius 3 is 2.42 bits per heavy atom. The zero-order valence-electron chi connectivity index (χ0n) is 12.1. The van der Waals surface area contributed by atoms with Gasteiger partial charge in [-0.1, -0.05) is 32.3 Å². The first-order valence-electron chi connectivity index (χ1n) is 7.70. The summed E-state index contributed by atoms with van der Waals surface area (Å²) in [4.78, 5) is 10.8. The number of rotatable bonds is 10. The summed E-state index contributed by atoms with van der Waals surface area (Å²) in [7, 11) is 0. The van der Waals surface area contributed by atoms with Crippen molar-refractivity contribution in [3.63, 3.8) is 0 Å². The SMILES string of the molecule is C=CC(=O)OCCCCCCOCC1CCCCC1. The molecule has 0 N–H and O–H groups in total. The van der Waals surface area contributed by atoms with Gasteiger partial charge in [0.25, 0.3) is 0 Å². The van der Waals surface area contributed by atoms with Gasteiger partial charge in [-0.25, -0.2) is 4.79 Å². The summed E-state index contributed by atoms with van der Waals surface area (Å²) in [6.45, 7) is 5.70. The van der Waals surface area contributed by atoms with Crippen LogP contribution in [0.25, 0.3) is 0 Å². The van der Waals surface area contributed by atoms with Crippen molar-refractivity contribution in [2.24, 2.45) is 5.92 Å². The molecule has 1 fully saturated rings. The molecule has 3 nitrogen and oxygen atoms in total. The Hall–Kier alpha value is -0.830. The van der Waals surface area contributed by atoms with Crippen LogP contribution < -0.4 is 0 Å². The molecule has 110 valence electrons. The van der Waals surface area contributed by atoms with Crippen molar-refractivity contribution in [1.29, 1.82) is 0 Å². The van der Waals surface area contributed by atoms with E-state index < -0.39 is 0 Å². The molecule has 0 radical (unpaired) electrons. The Balaban J connectivity index is 1.78. The molecule has 0 aromatic heterocycles. The molecule has 0 spiro atoms. The minimum atomic E-state index is -0.323. The molecule has 1 saturated carbocycles. The molecule has 0 heterocycles. The molecule has 0 amide bonds. The molecule has 0 bridgehead atoms. The Bertz CT molecular complexity index is 244. The monoisotopic (exact) mass is 268 g/mol. The fourth-order valence-corrected chi connectivity index (χ4v) is 2.50. The summed E-state index contributed by atoms with van der Waals surface area (Å²) in [6, 6.07) is 0. The molecule has 0 saturated heterocycles. The van der Waals surface area contributed by atoms with Gasteiger partial charge in [0.2, 0.25) is 0 Å². The minimum Gasteiger partial charge on any atom is -0.463 e. The van der Waals surface area contributed by atoms with E-state index in [9.17, 15) is 4.79 Å². The first-order valence-corrected chi connectivity index (χ1v) is 7.70. The fraction of sp³-hybridized carbons (Fsp3) is 0.812. The number of unbranched alkanes of at least 4 members (excludes halogenated alkanes) is 3. The summed E-state index contributed by atoms with van der Waals surface area (Å²) in [5, 5.41) is 0. The van der Waals surface area contributed by atoms with Crippen molar-refractivity contribution in [2.45, 2.75) is 57.8 Å². The van der Waals surface area contributed by atoms with Crippen LogP contribution in [0.4, 0.5) is 0 Å². The number of carbonyl (C=O) groups is 1.